The van der Waals surface area contributed by atoms with Crippen LogP contribution in [0.15, 0.2) is 0 Å². The van der Waals surface area contributed by atoms with E-state index in [1.165, 1.54) is 18.6 Å². The number of thioether (sulfide) groups is 1. The Hall–Kier alpha value is 0.230. The minimum atomic E-state index is 0.241. The summed E-state index contributed by atoms with van der Waals surface area (Å²) in [5, 5.41) is 3.67. The fourth-order valence-corrected chi connectivity index (χ4v) is 4.05. The highest BCUT2D eigenvalue weighted by Crippen LogP contribution is 2.37. The van der Waals surface area contributed by atoms with Crippen LogP contribution < -0.4 is 5.32 Å². The summed E-state index contributed by atoms with van der Waals surface area (Å²) in [6.45, 7) is 6.30. The Bertz CT molecular complexity index is 244. The van der Waals surface area contributed by atoms with Gasteiger partial charge in [0.15, 0.2) is 0 Å². The number of methoxy groups -OCH3 is 1. The summed E-state index contributed by atoms with van der Waals surface area (Å²) in [4.78, 5) is 0. The van der Waals surface area contributed by atoms with E-state index >= 15 is 0 Å². The topological polar surface area (TPSA) is 30.5 Å². The first-order valence-corrected chi connectivity index (χ1v) is 7.69. The first-order valence-electron chi connectivity index (χ1n) is 6.70. The monoisotopic (exact) mass is 259 g/mol. The molecule has 2 rings (SSSR count). The number of rotatable bonds is 6. The number of ether oxygens (including phenoxy) is 2. The van der Waals surface area contributed by atoms with Crippen molar-refractivity contribution in [3.8, 4) is 0 Å². The molecule has 2 fully saturated rings. The zero-order valence-corrected chi connectivity index (χ0v) is 12.0. The molecule has 0 aromatic heterocycles. The van der Waals surface area contributed by atoms with E-state index in [1.807, 2.05) is 6.92 Å². The predicted octanol–water partition coefficient (Wildman–Crippen LogP) is 2.05. The molecule has 3 nitrogen and oxygen atoms in total. The summed E-state index contributed by atoms with van der Waals surface area (Å²) in [6.07, 6.45) is 4.33. The van der Waals surface area contributed by atoms with Crippen LogP contribution in [-0.2, 0) is 9.47 Å². The van der Waals surface area contributed by atoms with E-state index in [4.69, 9.17) is 9.47 Å². The maximum atomic E-state index is 5.64. The maximum Gasteiger partial charge on any atom is 0.0986 e. The fraction of sp³-hybridized carbons (Fsp3) is 1.00. The van der Waals surface area contributed by atoms with E-state index in [0.717, 1.165) is 19.6 Å². The van der Waals surface area contributed by atoms with Gasteiger partial charge in [-0.3, -0.25) is 0 Å². The van der Waals surface area contributed by atoms with Gasteiger partial charge in [-0.15, -0.1) is 0 Å². The smallest absolute Gasteiger partial charge is 0.0986 e. The molecule has 1 aliphatic heterocycles. The molecule has 1 heterocycles. The lowest BCUT2D eigenvalue weighted by molar-refractivity contribution is -0.131. The average molecular weight is 259 g/mol. The lowest BCUT2D eigenvalue weighted by Crippen LogP contribution is -2.61. The van der Waals surface area contributed by atoms with Crippen LogP contribution in [0.25, 0.3) is 0 Å². The van der Waals surface area contributed by atoms with Gasteiger partial charge in [0.05, 0.1) is 12.2 Å². The van der Waals surface area contributed by atoms with Crippen LogP contribution >= 0.6 is 11.8 Å². The average Bonchev–Trinajstić information content (AvgIpc) is 2.70. The molecule has 0 aromatic carbocycles. The van der Waals surface area contributed by atoms with Crippen molar-refractivity contribution in [2.45, 2.75) is 56.1 Å². The van der Waals surface area contributed by atoms with Gasteiger partial charge >= 0.3 is 0 Å². The van der Waals surface area contributed by atoms with Gasteiger partial charge in [-0.05, 0) is 38.9 Å². The Morgan fingerprint density at radius 2 is 2.29 bits per heavy atom. The van der Waals surface area contributed by atoms with E-state index < -0.39 is 0 Å². The fourth-order valence-electron chi connectivity index (χ4n) is 2.80. The molecule has 2 aliphatic rings. The van der Waals surface area contributed by atoms with Crippen LogP contribution in [-0.4, -0.2) is 49.0 Å². The summed E-state index contributed by atoms with van der Waals surface area (Å²) >= 11 is 2.11. The summed E-state index contributed by atoms with van der Waals surface area (Å²) < 4.78 is 11.6. The van der Waals surface area contributed by atoms with Crippen molar-refractivity contribution in [1.82, 2.24) is 5.32 Å². The Balaban J connectivity index is 1.73. The second-order valence-electron chi connectivity index (χ2n) is 5.32. The molecule has 1 N–H and O–H groups in total. The van der Waals surface area contributed by atoms with Gasteiger partial charge in [-0.25, -0.2) is 0 Å². The molecule has 4 heteroatoms. The minimum absolute atomic E-state index is 0.241. The standard InChI is InChI=1S/C13H25NO2S/c1-4-16-11-8-10(12(11)15-3)14-9-13(2)6-5-7-17-13/h10-12,14H,4-9H2,1-3H3. The number of hydrogen-bond acceptors (Lipinski definition) is 4. The normalized spacial score (nSPS) is 41.5. The van der Waals surface area contributed by atoms with E-state index in [0.29, 0.717) is 16.9 Å². The highest BCUT2D eigenvalue weighted by atomic mass is 32.2. The van der Waals surface area contributed by atoms with Gasteiger partial charge in [-0.2, -0.15) is 11.8 Å². The third kappa shape index (κ3) is 3.16. The molecule has 4 unspecified atom stereocenters. The van der Waals surface area contributed by atoms with Crippen molar-refractivity contribution in [3.05, 3.63) is 0 Å². The van der Waals surface area contributed by atoms with Crippen LogP contribution in [0.2, 0.25) is 0 Å². The largest absolute Gasteiger partial charge is 0.377 e. The minimum Gasteiger partial charge on any atom is -0.377 e. The Morgan fingerprint density at radius 3 is 2.88 bits per heavy atom. The number of nitrogens with one attached hydrogen (secondary N) is 1. The maximum absolute atomic E-state index is 5.64. The van der Waals surface area contributed by atoms with Crippen molar-refractivity contribution in [1.29, 1.82) is 0 Å². The van der Waals surface area contributed by atoms with Gasteiger partial charge in [0, 0.05) is 31.1 Å². The van der Waals surface area contributed by atoms with Crippen molar-refractivity contribution >= 4 is 11.8 Å². The molecule has 4 atom stereocenters. The van der Waals surface area contributed by atoms with Crippen LogP contribution in [0.3, 0.4) is 0 Å². The molecule has 17 heavy (non-hydrogen) atoms. The molecule has 1 saturated heterocycles. The molecular weight excluding hydrogens is 234 g/mol. The van der Waals surface area contributed by atoms with E-state index in [-0.39, 0.29) is 6.10 Å². The lowest BCUT2D eigenvalue weighted by Gasteiger charge is -2.44. The van der Waals surface area contributed by atoms with Gasteiger partial charge in [-0.1, -0.05) is 0 Å². The van der Waals surface area contributed by atoms with Crippen molar-refractivity contribution < 1.29 is 9.47 Å². The summed E-state index contributed by atoms with van der Waals surface area (Å²) in [5.74, 6) is 1.32. The van der Waals surface area contributed by atoms with Gasteiger partial charge in [0.2, 0.25) is 0 Å². The quantitative estimate of drug-likeness (QED) is 0.791. The molecule has 100 valence electrons. The molecule has 0 bridgehead atoms. The SMILES string of the molecule is CCOC1CC(NCC2(C)CCCS2)C1OC. The molecule has 0 radical (unpaired) electrons. The summed E-state index contributed by atoms with van der Waals surface area (Å²) in [5.41, 5.74) is 0. The molecule has 1 saturated carbocycles. The Morgan fingerprint density at radius 1 is 1.47 bits per heavy atom. The molecule has 0 aromatic rings. The third-order valence-corrected chi connectivity index (χ3v) is 5.48. The van der Waals surface area contributed by atoms with Crippen LogP contribution in [0.4, 0.5) is 0 Å². The van der Waals surface area contributed by atoms with Crippen molar-refractivity contribution in [3.63, 3.8) is 0 Å². The first kappa shape index (κ1) is 13.7. The lowest BCUT2D eigenvalue weighted by atomic mass is 9.84. The Labute approximate surface area is 109 Å². The van der Waals surface area contributed by atoms with Gasteiger partial charge < -0.3 is 14.8 Å². The molecule has 1 aliphatic carbocycles. The summed E-state index contributed by atoms with van der Waals surface area (Å²) in [6, 6.07) is 0.481. The Kier molecular flexibility index (Phi) is 4.75. The van der Waals surface area contributed by atoms with Crippen molar-refractivity contribution in [2.24, 2.45) is 0 Å². The van der Waals surface area contributed by atoms with E-state index in [2.05, 4.69) is 24.0 Å². The van der Waals surface area contributed by atoms with Crippen LogP contribution in [0, 0.1) is 0 Å². The van der Waals surface area contributed by atoms with Gasteiger partial charge in [0.25, 0.3) is 0 Å². The zero-order chi connectivity index (χ0) is 12.3. The molecule has 0 spiro atoms. The number of hydrogen-bond donors (Lipinski definition) is 1. The van der Waals surface area contributed by atoms with Crippen molar-refractivity contribution in [2.75, 3.05) is 26.0 Å². The second-order valence-corrected chi connectivity index (χ2v) is 7.00. The molecular formula is C13H25NO2S. The predicted molar refractivity (Wildman–Crippen MR) is 72.7 cm³/mol. The highest BCUT2D eigenvalue weighted by Gasteiger charge is 2.43. The highest BCUT2D eigenvalue weighted by molar-refractivity contribution is 8.00. The third-order valence-electron chi connectivity index (χ3n) is 3.94. The van der Waals surface area contributed by atoms with Crippen LogP contribution in [0.5, 0.6) is 0 Å². The zero-order valence-electron chi connectivity index (χ0n) is 11.2. The summed E-state index contributed by atoms with van der Waals surface area (Å²) in [7, 11) is 1.79. The first-order chi connectivity index (χ1) is 8.18. The van der Waals surface area contributed by atoms with E-state index in [1.54, 1.807) is 7.11 Å². The van der Waals surface area contributed by atoms with Gasteiger partial charge in [0.1, 0.15) is 0 Å². The second kappa shape index (κ2) is 5.91. The van der Waals surface area contributed by atoms with Crippen LogP contribution in [0.1, 0.15) is 33.1 Å². The molecule has 0 amide bonds. The van der Waals surface area contributed by atoms with E-state index in [9.17, 15) is 0 Å².